The number of hydrogen-bond acceptors (Lipinski definition) is 9. The molecule has 2 unspecified atom stereocenters. The lowest BCUT2D eigenvalue weighted by Gasteiger charge is -2.46. The average Bonchev–Trinajstić information content (AvgIpc) is 2.54. The molecule has 0 saturated carbocycles. The molecule has 6 atom stereocenters. The van der Waals surface area contributed by atoms with Crippen LogP contribution in [0.5, 0.6) is 0 Å². The van der Waals surface area contributed by atoms with E-state index in [0.29, 0.717) is 0 Å². The van der Waals surface area contributed by atoms with Gasteiger partial charge >= 0.3 is 5.97 Å². The van der Waals surface area contributed by atoms with Gasteiger partial charge in [0.25, 0.3) is 5.79 Å². The SMILES string of the molecule is CO[C@]1(C(=O)O)CC(O)[C@@H](NC(=O)CO)C([C@H](O)[C@H](O)CO)O1. The van der Waals surface area contributed by atoms with E-state index in [1.54, 1.807) is 0 Å². The first kappa shape index (κ1) is 19.7. The molecular weight excluding hydrogens is 318 g/mol. The third-order valence-corrected chi connectivity index (χ3v) is 3.62. The van der Waals surface area contributed by atoms with Crippen LogP contribution in [-0.2, 0) is 19.1 Å². The van der Waals surface area contributed by atoms with Gasteiger partial charge in [-0.3, -0.25) is 4.79 Å². The molecule has 0 aromatic heterocycles. The minimum atomic E-state index is -2.30. The van der Waals surface area contributed by atoms with Gasteiger partial charge in [-0.05, 0) is 0 Å². The van der Waals surface area contributed by atoms with Crippen LogP contribution in [0.4, 0.5) is 0 Å². The number of amides is 1. The predicted molar refractivity (Wildman–Crippen MR) is 71.0 cm³/mol. The Morgan fingerprint density at radius 2 is 2.00 bits per heavy atom. The zero-order chi connectivity index (χ0) is 17.8. The van der Waals surface area contributed by atoms with Crippen LogP contribution < -0.4 is 5.32 Å². The molecule has 0 bridgehead atoms. The highest BCUT2D eigenvalue weighted by Gasteiger charge is 2.55. The van der Waals surface area contributed by atoms with Gasteiger partial charge in [-0.2, -0.15) is 0 Å². The molecule has 0 aromatic carbocycles. The number of rotatable bonds is 7. The molecule has 0 spiro atoms. The molecule has 1 fully saturated rings. The van der Waals surface area contributed by atoms with Crippen molar-refractivity contribution in [3.63, 3.8) is 0 Å². The maximum atomic E-state index is 11.4. The van der Waals surface area contributed by atoms with Gasteiger partial charge < -0.3 is 45.4 Å². The first-order valence-corrected chi connectivity index (χ1v) is 6.74. The molecule has 1 heterocycles. The van der Waals surface area contributed by atoms with Crippen LogP contribution in [0, 0.1) is 0 Å². The molecule has 0 aromatic rings. The van der Waals surface area contributed by atoms with E-state index >= 15 is 0 Å². The number of carbonyl (C=O) groups excluding carboxylic acids is 1. The number of aliphatic hydroxyl groups excluding tert-OH is 5. The van der Waals surface area contributed by atoms with Gasteiger partial charge in [0.05, 0.1) is 18.8 Å². The number of carboxylic acids is 1. The third kappa shape index (κ3) is 4.14. The number of nitrogens with one attached hydrogen (secondary N) is 1. The monoisotopic (exact) mass is 339 g/mol. The van der Waals surface area contributed by atoms with Crippen LogP contribution >= 0.6 is 0 Å². The van der Waals surface area contributed by atoms with E-state index in [9.17, 15) is 30.0 Å². The van der Waals surface area contributed by atoms with E-state index in [2.05, 4.69) is 5.32 Å². The molecule has 1 rings (SSSR count). The maximum Gasteiger partial charge on any atom is 0.364 e. The Balaban J connectivity index is 3.14. The number of hydrogen-bond donors (Lipinski definition) is 7. The Morgan fingerprint density at radius 3 is 2.43 bits per heavy atom. The summed E-state index contributed by atoms with van der Waals surface area (Å²) >= 11 is 0. The molecule has 1 amide bonds. The fourth-order valence-electron chi connectivity index (χ4n) is 2.34. The zero-order valence-electron chi connectivity index (χ0n) is 12.3. The molecule has 0 aliphatic carbocycles. The fraction of sp³-hybridized carbons (Fsp3) is 0.833. The molecule has 23 heavy (non-hydrogen) atoms. The van der Waals surface area contributed by atoms with Crippen molar-refractivity contribution in [2.45, 2.75) is 42.7 Å². The van der Waals surface area contributed by atoms with Crippen LogP contribution in [0.1, 0.15) is 6.42 Å². The molecule has 11 nitrogen and oxygen atoms in total. The Bertz CT molecular complexity index is 432. The normalized spacial score (nSPS) is 33.7. The molecule has 134 valence electrons. The summed E-state index contributed by atoms with van der Waals surface area (Å²) in [7, 11) is 1.01. The number of aliphatic carboxylic acids is 1. The fourth-order valence-corrected chi connectivity index (χ4v) is 2.34. The van der Waals surface area contributed by atoms with Gasteiger partial charge in [-0.25, -0.2) is 4.79 Å². The van der Waals surface area contributed by atoms with Crippen molar-refractivity contribution in [1.29, 1.82) is 0 Å². The number of aliphatic hydroxyl groups is 5. The van der Waals surface area contributed by atoms with E-state index < -0.39 is 67.8 Å². The summed E-state index contributed by atoms with van der Waals surface area (Å²) in [5.41, 5.74) is 0. The first-order valence-electron chi connectivity index (χ1n) is 6.74. The minimum Gasteiger partial charge on any atom is -0.477 e. The summed E-state index contributed by atoms with van der Waals surface area (Å²) < 4.78 is 9.98. The second kappa shape index (κ2) is 7.97. The van der Waals surface area contributed by atoms with Crippen molar-refractivity contribution < 1.29 is 49.7 Å². The molecule has 7 N–H and O–H groups in total. The summed E-state index contributed by atoms with van der Waals surface area (Å²) in [5, 5.41) is 58.8. The Kier molecular flexibility index (Phi) is 6.83. The number of methoxy groups -OCH3 is 1. The lowest BCUT2D eigenvalue weighted by atomic mass is 9.88. The predicted octanol–water partition coefficient (Wildman–Crippen LogP) is -4.25. The Morgan fingerprint density at radius 1 is 1.39 bits per heavy atom. The van der Waals surface area contributed by atoms with Gasteiger partial charge in [0.15, 0.2) is 0 Å². The molecule has 1 aliphatic rings. The van der Waals surface area contributed by atoms with Crippen molar-refractivity contribution in [1.82, 2.24) is 5.32 Å². The lowest BCUT2D eigenvalue weighted by molar-refractivity contribution is -0.303. The molecule has 1 aliphatic heterocycles. The molecular formula is C12H21NO10. The highest BCUT2D eigenvalue weighted by molar-refractivity contribution is 5.78. The summed E-state index contributed by atoms with van der Waals surface area (Å²) in [6.45, 7) is -1.78. The van der Waals surface area contributed by atoms with Crippen molar-refractivity contribution in [3.05, 3.63) is 0 Å². The van der Waals surface area contributed by atoms with Crippen molar-refractivity contribution in [2.75, 3.05) is 20.3 Å². The number of carbonyl (C=O) groups is 2. The number of ether oxygens (including phenoxy) is 2. The molecule has 11 heteroatoms. The quantitative estimate of drug-likeness (QED) is 0.239. The maximum absolute atomic E-state index is 11.4. The van der Waals surface area contributed by atoms with Crippen LogP contribution in [0.25, 0.3) is 0 Å². The van der Waals surface area contributed by atoms with E-state index in [1.807, 2.05) is 0 Å². The summed E-state index contributed by atoms with van der Waals surface area (Å²) in [6, 6.07) is -1.34. The van der Waals surface area contributed by atoms with Gasteiger partial charge in [-0.1, -0.05) is 0 Å². The van der Waals surface area contributed by atoms with Crippen LogP contribution in [-0.4, -0.2) is 99.1 Å². The summed E-state index contributed by atoms with van der Waals surface area (Å²) in [4.78, 5) is 22.7. The zero-order valence-corrected chi connectivity index (χ0v) is 12.3. The van der Waals surface area contributed by atoms with E-state index in [4.69, 9.17) is 19.7 Å². The molecule has 1 saturated heterocycles. The topological polar surface area (TPSA) is 186 Å². The highest BCUT2D eigenvalue weighted by atomic mass is 16.7. The summed E-state index contributed by atoms with van der Waals surface area (Å²) in [6.07, 6.45) is -7.28. The largest absolute Gasteiger partial charge is 0.477 e. The smallest absolute Gasteiger partial charge is 0.364 e. The Labute approximate surface area is 131 Å². The van der Waals surface area contributed by atoms with Gasteiger partial charge in [0, 0.05) is 13.5 Å². The van der Waals surface area contributed by atoms with E-state index in [1.165, 1.54) is 0 Å². The number of carboxylic acid groups (broad SMARTS) is 1. The van der Waals surface area contributed by atoms with E-state index in [0.717, 1.165) is 7.11 Å². The van der Waals surface area contributed by atoms with Crippen LogP contribution in [0.2, 0.25) is 0 Å². The van der Waals surface area contributed by atoms with Gasteiger partial charge in [0.1, 0.15) is 24.9 Å². The van der Waals surface area contributed by atoms with Crippen molar-refractivity contribution >= 4 is 11.9 Å². The van der Waals surface area contributed by atoms with Crippen molar-refractivity contribution in [2.24, 2.45) is 0 Å². The Hall–Kier alpha value is -1.34. The van der Waals surface area contributed by atoms with Crippen molar-refractivity contribution in [3.8, 4) is 0 Å². The van der Waals surface area contributed by atoms with Crippen LogP contribution in [0.3, 0.4) is 0 Å². The molecule has 0 radical (unpaired) electrons. The highest BCUT2D eigenvalue weighted by Crippen LogP contribution is 2.32. The standard InChI is InChI=1S/C12H21NO10/c1-22-12(11(20)21)2-5(16)8(13-7(18)4-15)10(23-12)9(19)6(17)3-14/h5-6,8-10,14-17,19H,2-4H2,1H3,(H,13,18)(H,20,21)/t5?,6-,8-,9-,10?,12-/m1/s1. The second-order valence-corrected chi connectivity index (χ2v) is 5.11. The van der Waals surface area contributed by atoms with Gasteiger partial charge in [0.2, 0.25) is 5.91 Å². The van der Waals surface area contributed by atoms with Gasteiger partial charge in [-0.15, -0.1) is 0 Å². The first-order chi connectivity index (χ1) is 10.7. The van der Waals surface area contributed by atoms with Crippen LogP contribution in [0.15, 0.2) is 0 Å². The lowest BCUT2D eigenvalue weighted by Crippen LogP contribution is -2.68. The average molecular weight is 339 g/mol. The second-order valence-electron chi connectivity index (χ2n) is 5.11. The summed E-state index contributed by atoms with van der Waals surface area (Å²) in [5.74, 6) is -4.80. The third-order valence-electron chi connectivity index (χ3n) is 3.62. The van der Waals surface area contributed by atoms with E-state index in [-0.39, 0.29) is 0 Å². The minimum absolute atomic E-state index is 0.576.